The Morgan fingerprint density at radius 2 is 2.00 bits per heavy atom. The molecule has 2 heterocycles. The first-order valence-corrected chi connectivity index (χ1v) is 5.89. The van der Waals surface area contributed by atoms with Crippen LogP contribution in [0.1, 0.15) is 12.0 Å². The van der Waals surface area contributed by atoms with Crippen molar-refractivity contribution in [3.8, 4) is 11.8 Å². The zero-order valence-electron chi connectivity index (χ0n) is 10.1. The highest BCUT2D eigenvalue weighted by atomic mass is 16.5. The van der Waals surface area contributed by atoms with Gasteiger partial charge in [-0.1, -0.05) is 0 Å². The molecule has 6 nitrogen and oxygen atoms in total. The molecule has 1 amide bonds. The summed E-state index contributed by atoms with van der Waals surface area (Å²) in [6, 6.07) is 5.71. The van der Waals surface area contributed by atoms with Crippen molar-refractivity contribution in [1.29, 1.82) is 0 Å². The number of nitrogens with one attached hydrogen (secondary N) is 1. The van der Waals surface area contributed by atoms with Crippen LogP contribution >= 0.6 is 0 Å². The van der Waals surface area contributed by atoms with E-state index in [-0.39, 0.29) is 11.9 Å². The molecule has 0 atom stereocenters. The van der Waals surface area contributed by atoms with E-state index in [1.54, 1.807) is 6.07 Å². The highest BCUT2D eigenvalue weighted by Gasteiger charge is 2.15. The van der Waals surface area contributed by atoms with Crippen LogP contribution in [0.3, 0.4) is 0 Å². The predicted octanol–water partition coefficient (Wildman–Crippen LogP) is 1.74. The van der Waals surface area contributed by atoms with Crippen LogP contribution in [0.15, 0.2) is 30.6 Å². The molecule has 0 saturated heterocycles. The monoisotopic (exact) mass is 256 g/mol. The number of nitrogens with zero attached hydrogens (tertiary/aromatic N) is 2. The highest BCUT2D eigenvalue weighted by Crippen LogP contribution is 2.28. The molecule has 3 N–H and O–H groups in total. The highest BCUT2D eigenvalue weighted by molar-refractivity contribution is 5.94. The molecule has 6 heteroatoms. The number of carbonyl (C=O) groups excluding carboxylic acids is 1. The summed E-state index contributed by atoms with van der Waals surface area (Å²) in [5.74, 6) is 0.683. The minimum absolute atomic E-state index is 0.0445. The van der Waals surface area contributed by atoms with Gasteiger partial charge in [0.25, 0.3) is 0 Å². The number of hydrogen-bond acceptors (Lipinski definition) is 5. The lowest BCUT2D eigenvalue weighted by molar-refractivity contribution is -0.116. The Morgan fingerprint density at radius 3 is 2.79 bits per heavy atom. The third-order valence-electron chi connectivity index (χ3n) is 2.83. The Bertz CT molecular complexity index is 625. The van der Waals surface area contributed by atoms with Crippen LogP contribution in [0.2, 0.25) is 0 Å². The van der Waals surface area contributed by atoms with Gasteiger partial charge in [-0.05, 0) is 30.2 Å². The van der Waals surface area contributed by atoms with Crippen molar-refractivity contribution in [3.63, 3.8) is 0 Å². The number of nitrogen functional groups attached to an aromatic ring is 1. The molecule has 2 aromatic rings. The topological polar surface area (TPSA) is 90.1 Å². The van der Waals surface area contributed by atoms with Gasteiger partial charge in [0, 0.05) is 12.1 Å². The maximum atomic E-state index is 11.3. The summed E-state index contributed by atoms with van der Waals surface area (Å²) in [5, 5.41) is 2.82. The molecule has 19 heavy (non-hydrogen) atoms. The van der Waals surface area contributed by atoms with Crippen LogP contribution in [0.4, 0.5) is 11.4 Å². The Hall–Kier alpha value is -2.63. The Morgan fingerprint density at radius 1 is 1.21 bits per heavy atom. The van der Waals surface area contributed by atoms with E-state index in [9.17, 15) is 4.79 Å². The number of benzene rings is 1. The van der Waals surface area contributed by atoms with Gasteiger partial charge in [0.2, 0.25) is 5.91 Å². The fourth-order valence-corrected chi connectivity index (χ4v) is 1.91. The molecule has 3 rings (SSSR count). The van der Waals surface area contributed by atoms with Gasteiger partial charge in [-0.25, -0.2) is 9.97 Å². The lowest BCUT2D eigenvalue weighted by Crippen LogP contribution is -2.18. The molecule has 1 aromatic heterocycles. The molecule has 0 bridgehead atoms. The second-order valence-corrected chi connectivity index (χ2v) is 4.27. The lowest BCUT2D eigenvalue weighted by Gasteiger charge is -2.17. The zero-order valence-corrected chi connectivity index (χ0v) is 10.1. The van der Waals surface area contributed by atoms with Crippen molar-refractivity contribution in [2.45, 2.75) is 12.8 Å². The van der Waals surface area contributed by atoms with Crippen molar-refractivity contribution in [3.05, 3.63) is 36.2 Å². The summed E-state index contributed by atoms with van der Waals surface area (Å²) in [5.41, 5.74) is 7.87. The summed E-state index contributed by atoms with van der Waals surface area (Å²) in [6.07, 6.45) is 4.18. The molecule has 0 radical (unpaired) electrons. The average molecular weight is 256 g/mol. The number of amides is 1. The van der Waals surface area contributed by atoms with E-state index in [0.717, 1.165) is 11.3 Å². The molecule has 0 unspecified atom stereocenters. The van der Waals surface area contributed by atoms with Crippen molar-refractivity contribution >= 4 is 17.3 Å². The van der Waals surface area contributed by atoms with E-state index >= 15 is 0 Å². The third kappa shape index (κ3) is 2.47. The van der Waals surface area contributed by atoms with Gasteiger partial charge < -0.3 is 15.8 Å². The maximum Gasteiger partial charge on any atom is 0.322 e. The first-order valence-electron chi connectivity index (χ1n) is 5.89. The quantitative estimate of drug-likeness (QED) is 0.854. The van der Waals surface area contributed by atoms with Gasteiger partial charge in [-0.3, -0.25) is 4.79 Å². The largest absolute Gasteiger partial charge is 0.424 e. The molecule has 0 fully saturated rings. The standard InChI is InChI=1S/C13H12N4O2/c14-9-6-15-13(16-7-9)19-10-2-3-11-8(5-10)1-4-12(18)17-11/h2-3,5-7H,1,4,14H2,(H,17,18). The maximum absolute atomic E-state index is 11.3. The second kappa shape index (κ2) is 4.56. The molecule has 96 valence electrons. The smallest absolute Gasteiger partial charge is 0.322 e. The molecule has 0 spiro atoms. The van der Waals surface area contributed by atoms with Crippen molar-refractivity contribution < 1.29 is 9.53 Å². The van der Waals surface area contributed by atoms with Crippen LogP contribution in [-0.2, 0) is 11.2 Å². The number of anilines is 2. The molecule has 1 aliphatic heterocycles. The Labute approximate surface area is 109 Å². The van der Waals surface area contributed by atoms with E-state index in [0.29, 0.717) is 24.3 Å². The fraction of sp³-hybridized carbons (Fsp3) is 0.154. The van der Waals surface area contributed by atoms with E-state index in [1.165, 1.54) is 12.4 Å². The van der Waals surface area contributed by atoms with Crippen molar-refractivity contribution in [2.75, 3.05) is 11.1 Å². The number of carbonyl (C=O) groups is 1. The summed E-state index contributed by atoms with van der Waals surface area (Å²) < 4.78 is 5.54. The van der Waals surface area contributed by atoms with Crippen molar-refractivity contribution in [2.24, 2.45) is 0 Å². The first-order chi connectivity index (χ1) is 9.20. The summed E-state index contributed by atoms with van der Waals surface area (Å²) >= 11 is 0. The van der Waals surface area contributed by atoms with Gasteiger partial charge in [0.1, 0.15) is 5.75 Å². The van der Waals surface area contributed by atoms with E-state index < -0.39 is 0 Å². The summed E-state index contributed by atoms with van der Waals surface area (Å²) in [4.78, 5) is 19.2. The number of fused-ring (bicyclic) bond motifs is 1. The average Bonchev–Trinajstić information content (AvgIpc) is 2.42. The number of nitrogens with two attached hydrogens (primary N) is 1. The summed E-state index contributed by atoms with van der Waals surface area (Å²) in [7, 11) is 0. The minimum Gasteiger partial charge on any atom is -0.424 e. The molecule has 0 saturated carbocycles. The van der Waals surface area contributed by atoms with E-state index in [2.05, 4.69) is 15.3 Å². The molecule has 1 aromatic carbocycles. The number of aryl methyl sites for hydroxylation is 1. The molecular weight excluding hydrogens is 244 g/mol. The Balaban J connectivity index is 1.82. The van der Waals surface area contributed by atoms with Gasteiger partial charge in [0.05, 0.1) is 18.1 Å². The molecular formula is C13H12N4O2. The zero-order chi connectivity index (χ0) is 13.2. The van der Waals surface area contributed by atoms with E-state index in [1.807, 2.05) is 12.1 Å². The Kier molecular flexibility index (Phi) is 2.75. The van der Waals surface area contributed by atoms with Crippen molar-refractivity contribution in [1.82, 2.24) is 9.97 Å². The fourth-order valence-electron chi connectivity index (χ4n) is 1.91. The summed E-state index contributed by atoms with van der Waals surface area (Å²) in [6.45, 7) is 0. The molecule has 0 aliphatic carbocycles. The second-order valence-electron chi connectivity index (χ2n) is 4.27. The molecule has 1 aliphatic rings. The number of aromatic nitrogens is 2. The number of hydrogen-bond donors (Lipinski definition) is 2. The SMILES string of the molecule is Nc1cnc(Oc2ccc3c(c2)CCC(=O)N3)nc1. The normalized spacial score (nSPS) is 13.6. The predicted molar refractivity (Wildman–Crippen MR) is 69.9 cm³/mol. The van der Waals surface area contributed by atoms with Crippen LogP contribution in [0, 0.1) is 0 Å². The van der Waals surface area contributed by atoms with Gasteiger partial charge in [0.15, 0.2) is 0 Å². The van der Waals surface area contributed by atoms with Gasteiger partial charge in [-0.15, -0.1) is 0 Å². The van der Waals surface area contributed by atoms with Crippen LogP contribution in [-0.4, -0.2) is 15.9 Å². The third-order valence-corrected chi connectivity index (χ3v) is 2.83. The number of ether oxygens (including phenoxy) is 1. The lowest BCUT2D eigenvalue weighted by atomic mass is 10.0. The van der Waals surface area contributed by atoms with Gasteiger partial charge >= 0.3 is 6.01 Å². The van der Waals surface area contributed by atoms with Crippen LogP contribution in [0.5, 0.6) is 11.8 Å². The minimum atomic E-state index is 0.0445. The van der Waals surface area contributed by atoms with Crippen LogP contribution in [0.25, 0.3) is 0 Å². The first kappa shape index (κ1) is 11.5. The van der Waals surface area contributed by atoms with Crippen LogP contribution < -0.4 is 15.8 Å². The number of rotatable bonds is 2. The van der Waals surface area contributed by atoms with E-state index in [4.69, 9.17) is 10.5 Å². The van der Waals surface area contributed by atoms with Gasteiger partial charge in [-0.2, -0.15) is 0 Å².